The number of hydrogen-bond donors (Lipinski definition) is 1. The fourth-order valence-corrected chi connectivity index (χ4v) is 2.24. The van der Waals surface area contributed by atoms with E-state index in [4.69, 9.17) is 5.11 Å². The zero-order chi connectivity index (χ0) is 12.5. The van der Waals surface area contributed by atoms with Crippen LogP contribution in [-0.4, -0.2) is 11.1 Å². The second-order valence-electron chi connectivity index (χ2n) is 4.41. The molecule has 1 aromatic rings. The fraction of sp³-hybridized carbons (Fsp3) is 0.0625. The van der Waals surface area contributed by atoms with Crippen molar-refractivity contribution in [3.63, 3.8) is 0 Å². The fourth-order valence-electron chi connectivity index (χ4n) is 2.24. The second-order valence-corrected chi connectivity index (χ2v) is 4.41. The van der Waals surface area contributed by atoms with Crippen LogP contribution in [0.1, 0.15) is 16.8 Å². The van der Waals surface area contributed by atoms with Crippen LogP contribution in [0, 0.1) is 0 Å². The van der Waals surface area contributed by atoms with E-state index in [0.29, 0.717) is 5.56 Å². The highest BCUT2D eigenvalue weighted by molar-refractivity contribution is 5.87. The maximum Gasteiger partial charge on any atom is 0.335 e. The highest BCUT2D eigenvalue weighted by Crippen LogP contribution is 2.21. The molecule has 0 spiro atoms. The van der Waals surface area contributed by atoms with E-state index in [1.807, 2.05) is 12.1 Å². The second kappa shape index (κ2) is 4.15. The van der Waals surface area contributed by atoms with Gasteiger partial charge in [0.1, 0.15) is 0 Å². The van der Waals surface area contributed by atoms with Crippen molar-refractivity contribution in [1.82, 2.24) is 0 Å². The van der Waals surface area contributed by atoms with Crippen molar-refractivity contribution in [2.45, 2.75) is 6.42 Å². The van der Waals surface area contributed by atoms with Gasteiger partial charge in [0.2, 0.25) is 0 Å². The van der Waals surface area contributed by atoms with Crippen LogP contribution in [0.5, 0.6) is 0 Å². The predicted octanol–water partition coefficient (Wildman–Crippen LogP) is 1.77. The van der Waals surface area contributed by atoms with Crippen LogP contribution in [-0.2, 0) is 0 Å². The molecule has 2 heteroatoms. The summed E-state index contributed by atoms with van der Waals surface area (Å²) in [4.78, 5) is 11.0. The van der Waals surface area contributed by atoms with Crippen molar-refractivity contribution < 1.29 is 9.90 Å². The number of carboxylic acids is 1. The van der Waals surface area contributed by atoms with Gasteiger partial charge in [-0.1, -0.05) is 36.4 Å². The summed E-state index contributed by atoms with van der Waals surface area (Å²) >= 11 is 0. The Morgan fingerprint density at radius 1 is 1.11 bits per heavy atom. The van der Waals surface area contributed by atoms with Gasteiger partial charge in [0.05, 0.1) is 5.56 Å². The molecule has 0 aromatic heterocycles. The molecule has 0 atom stereocenters. The Morgan fingerprint density at radius 3 is 2.83 bits per heavy atom. The molecule has 1 aromatic carbocycles. The molecule has 0 amide bonds. The predicted molar refractivity (Wildman–Crippen MR) is 71.5 cm³/mol. The first-order valence-corrected chi connectivity index (χ1v) is 5.87. The lowest BCUT2D eigenvalue weighted by atomic mass is 9.98. The van der Waals surface area contributed by atoms with Crippen LogP contribution in [0.25, 0.3) is 12.2 Å². The third-order valence-corrected chi connectivity index (χ3v) is 3.23. The number of carbonyl (C=O) groups is 1. The lowest BCUT2D eigenvalue weighted by Gasteiger charge is -2.07. The van der Waals surface area contributed by atoms with E-state index in [9.17, 15) is 4.79 Å². The van der Waals surface area contributed by atoms with Crippen LogP contribution in [0.3, 0.4) is 0 Å². The summed E-state index contributed by atoms with van der Waals surface area (Å²) < 4.78 is 0. The van der Waals surface area contributed by atoms with E-state index in [1.165, 1.54) is 11.1 Å². The molecule has 1 N–H and O–H groups in total. The number of allylic oxidation sites excluding steroid dienone is 6. The monoisotopic (exact) mass is 236 g/mol. The summed E-state index contributed by atoms with van der Waals surface area (Å²) in [5, 5.41) is 11.0. The summed E-state index contributed by atoms with van der Waals surface area (Å²) in [6.07, 6.45) is 13.4. The van der Waals surface area contributed by atoms with Crippen LogP contribution < -0.4 is 10.4 Å². The minimum atomic E-state index is -0.888. The Kier molecular flexibility index (Phi) is 2.49. The molecule has 18 heavy (non-hydrogen) atoms. The van der Waals surface area contributed by atoms with Crippen molar-refractivity contribution in [1.29, 1.82) is 0 Å². The third-order valence-electron chi connectivity index (χ3n) is 3.23. The SMILES string of the molecule is O=C(O)c1ccc2c(c1)=CC=C1CC=CC=C1C=2. The van der Waals surface area contributed by atoms with E-state index in [0.717, 1.165) is 16.9 Å². The van der Waals surface area contributed by atoms with E-state index in [1.54, 1.807) is 12.1 Å². The molecule has 0 aliphatic heterocycles. The van der Waals surface area contributed by atoms with Crippen molar-refractivity contribution in [2.75, 3.05) is 0 Å². The van der Waals surface area contributed by atoms with Crippen LogP contribution >= 0.6 is 0 Å². The van der Waals surface area contributed by atoms with Gasteiger partial charge in [-0.2, -0.15) is 0 Å². The van der Waals surface area contributed by atoms with E-state index in [2.05, 4.69) is 30.4 Å². The summed E-state index contributed by atoms with van der Waals surface area (Å²) in [6, 6.07) is 5.23. The molecule has 0 radical (unpaired) electrons. The maximum atomic E-state index is 11.0. The van der Waals surface area contributed by atoms with E-state index < -0.39 is 5.97 Å². The van der Waals surface area contributed by atoms with Gasteiger partial charge in [0.15, 0.2) is 0 Å². The topological polar surface area (TPSA) is 37.3 Å². The molecule has 88 valence electrons. The van der Waals surface area contributed by atoms with Gasteiger partial charge in [-0.05, 0) is 46.2 Å². The standard InChI is InChI=1S/C16H12O2/c17-16(18)15-8-7-13-9-12-4-2-1-3-11(12)5-6-14(13)10-15/h1-2,4-10H,3H2,(H,17,18). The van der Waals surface area contributed by atoms with Crippen molar-refractivity contribution >= 4 is 18.1 Å². The molecule has 0 saturated heterocycles. The smallest absolute Gasteiger partial charge is 0.335 e. The lowest BCUT2D eigenvalue weighted by molar-refractivity contribution is 0.0697. The van der Waals surface area contributed by atoms with Gasteiger partial charge in [0, 0.05) is 0 Å². The zero-order valence-corrected chi connectivity index (χ0v) is 9.76. The lowest BCUT2D eigenvalue weighted by Crippen LogP contribution is -2.25. The molecule has 0 bridgehead atoms. The minimum Gasteiger partial charge on any atom is -0.478 e. The number of benzene rings is 1. The van der Waals surface area contributed by atoms with Gasteiger partial charge in [0.25, 0.3) is 0 Å². The van der Waals surface area contributed by atoms with Gasteiger partial charge < -0.3 is 5.11 Å². The number of aromatic carboxylic acids is 1. The van der Waals surface area contributed by atoms with Gasteiger partial charge in [-0.25, -0.2) is 4.79 Å². The first kappa shape index (κ1) is 10.8. The Labute approximate surface area is 105 Å². The number of fused-ring (bicyclic) bond motifs is 2. The van der Waals surface area contributed by atoms with Gasteiger partial charge >= 0.3 is 5.97 Å². The Balaban J connectivity index is 2.25. The summed E-state index contributed by atoms with van der Waals surface area (Å²) in [5.74, 6) is -0.888. The number of hydrogen-bond acceptors (Lipinski definition) is 1. The Bertz CT molecular complexity index is 731. The van der Waals surface area contributed by atoms with E-state index >= 15 is 0 Å². The molecular weight excluding hydrogens is 224 g/mol. The van der Waals surface area contributed by atoms with Crippen molar-refractivity contribution in [3.05, 3.63) is 69.7 Å². The number of carboxylic acid groups (broad SMARTS) is 1. The number of rotatable bonds is 1. The zero-order valence-electron chi connectivity index (χ0n) is 9.76. The quantitative estimate of drug-likeness (QED) is 0.807. The first-order chi connectivity index (χ1) is 8.74. The summed E-state index contributed by atoms with van der Waals surface area (Å²) in [7, 11) is 0. The molecule has 3 rings (SSSR count). The minimum absolute atomic E-state index is 0.328. The maximum absolute atomic E-state index is 11.0. The van der Waals surface area contributed by atoms with Crippen molar-refractivity contribution in [3.8, 4) is 0 Å². The largest absolute Gasteiger partial charge is 0.478 e. The Morgan fingerprint density at radius 2 is 2.00 bits per heavy atom. The van der Waals surface area contributed by atoms with Gasteiger partial charge in [-0.3, -0.25) is 0 Å². The van der Waals surface area contributed by atoms with Crippen LogP contribution in [0.2, 0.25) is 0 Å². The molecule has 2 nitrogen and oxygen atoms in total. The molecule has 2 aliphatic carbocycles. The molecule has 0 saturated carbocycles. The highest BCUT2D eigenvalue weighted by Gasteiger charge is 2.07. The van der Waals surface area contributed by atoms with E-state index in [-0.39, 0.29) is 0 Å². The average molecular weight is 236 g/mol. The normalized spacial score (nSPS) is 16.2. The molecule has 0 fully saturated rings. The van der Waals surface area contributed by atoms with Crippen LogP contribution in [0.15, 0.2) is 53.6 Å². The van der Waals surface area contributed by atoms with Crippen LogP contribution in [0.4, 0.5) is 0 Å². The van der Waals surface area contributed by atoms with Crippen molar-refractivity contribution in [2.24, 2.45) is 0 Å². The summed E-state index contributed by atoms with van der Waals surface area (Å²) in [5.41, 5.74) is 2.80. The molecule has 0 unspecified atom stereocenters. The molecular formula is C16H12O2. The third kappa shape index (κ3) is 1.82. The molecule has 0 heterocycles. The molecule has 2 aliphatic rings. The Hall–Kier alpha value is -2.35. The average Bonchev–Trinajstić information content (AvgIpc) is 2.56. The summed E-state index contributed by atoms with van der Waals surface area (Å²) in [6.45, 7) is 0. The first-order valence-electron chi connectivity index (χ1n) is 5.87. The highest BCUT2D eigenvalue weighted by atomic mass is 16.4. The van der Waals surface area contributed by atoms with Gasteiger partial charge in [-0.15, -0.1) is 0 Å².